The number of nitrogens with zero attached hydrogens (tertiary/aromatic N) is 2. The first-order valence-electron chi connectivity index (χ1n) is 6.22. The van der Waals surface area contributed by atoms with Gasteiger partial charge in [-0.25, -0.2) is 4.39 Å². The molecule has 1 N–H and O–H groups in total. The van der Waals surface area contributed by atoms with E-state index in [1.54, 1.807) is 0 Å². The summed E-state index contributed by atoms with van der Waals surface area (Å²) in [4.78, 5) is 21.9. The Labute approximate surface area is 116 Å². The largest absolute Gasteiger partial charge is 0.315 e. The van der Waals surface area contributed by atoms with Crippen LogP contribution >= 0.6 is 0 Å². The zero-order valence-electron chi connectivity index (χ0n) is 11.5. The molecule has 6 nitrogen and oxygen atoms in total. The predicted molar refractivity (Wildman–Crippen MR) is 73.4 cm³/mol. The van der Waals surface area contributed by atoms with Gasteiger partial charge >= 0.3 is 0 Å². The molecule has 0 aromatic heterocycles. The summed E-state index contributed by atoms with van der Waals surface area (Å²) in [6, 6.07) is 3.57. The third-order valence-electron chi connectivity index (χ3n) is 3.08. The van der Waals surface area contributed by atoms with Gasteiger partial charge in [-0.2, -0.15) is 0 Å². The van der Waals surface area contributed by atoms with Gasteiger partial charge in [-0.15, -0.1) is 0 Å². The molecule has 1 atom stereocenters. The monoisotopic (exact) mass is 283 g/mol. The van der Waals surface area contributed by atoms with Gasteiger partial charge in [0, 0.05) is 24.7 Å². The minimum atomic E-state index is -0.754. The molecule has 0 bridgehead atoms. The van der Waals surface area contributed by atoms with E-state index in [4.69, 9.17) is 0 Å². The molecule has 1 aliphatic rings. The molecule has 2 rings (SSSR count). The number of likely N-dealkylation sites (N-methyl/N-ethyl adjacent to an activating group) is 1. The molecular weight excluding hydrogens is 265 g/mol. The first kappa shape index (κ1) is 16.2. The van der Waals surface area contributed by atoms with Crippen molar-refractivity contribution in [2.45, 2.75) is 12.5 Å². The SMILES string of the molecule is CN(C)C1CCNC1.O=Cc1cc([N+](=O)[O-])ccc1F. The van der Waals surface area contributed by atoms with Crippen LogP contribution in [-0.2, 0) is 0 Å². The zero-order chi connectivity index (χ0) is 15.1. The Morgan fingerprint density at radius 3 is 2.60 bits per heavy atom. The first-order chi connectivity index (χ1) is 9.45. The van der Waals surface area contributed by atoms with E-state index in [2.05, 4.69) is 24.3 Å². The number of aldehydes is 1. The third-order valence-corrected chi connectivity index (χ3v) is 3.08. The molecule has 110 valence electrons. The number of hydrogen-bond donors (Lipinski definition) is 1. The van der Waals surface area contributed by atoms with Crippen molar-refractivity contribution in [3.8, 4) is 0 Å². The lowest BCUT2D eigenvalue weighted by Gasteiger charge is -2.16. The van der Waals surface area contributed by atoms with E-state index in [-0.39, 0.29) is 17.5 Å². The molecule has 20 heavy (non-hydrogen) atoms. The molecule has 0 saturated carbocycles. The maximum Gasteiger partial charge on any atom is 0.270 e. The van der Waals surface area contributed by atoms with E-state index >= 15 is 0 Å². The molecule has 0 radical (unpaired) electrons. The second-order valence-corrected chi connectivity index (χ2v) is 4.69. The first-order valence-corrected chi connectivity index (χ1v) is 6.22. The molecule has 1 aromatic rings. The van der Waals surface area contributed by atoms with Crippen LogP contribution < -0.4 is 5.32 Å². The number of carbonyl (C=O) groups excluding carboxylic acids is 1. The van der Waals surface area contributed by atoms with Crippen LogP contribution in [0.4, 0.5) is 10.1 Å². The highest BCUT2D eigenvalue weighted by molar-refractivity contribution is 5.76. The Hall–Kier alpha value is -1.86. The number of nitro benzene ring substituents is 1. The molecular formula is C13H18FN3O3. The topological polar surface area (TPSA) is 75.5 Å². The number of rotatable bonds is 3. The highest BCUT2D eigenvalue weighted by atomic mass is 19.1. The fourth-order valence-electron chi connectivity index (χ4n) is 1.82. The fourth-order valence-corrected chi connectivity index (χ4v) is 1.82. The van der Waals surface area contributed by atoms with E-state index in [9.17, 15) is 19.3 Å². The van der Waals surface area contributed by atoms with Crippen LogP contribution in [0.1, 0.15) is 16.8 Å². The lowest BCUT2D eigenvalue weighted by molar-refractivity contribution is -0.384. The predicted octanol–water partition coefficient (Wildman–Crippen LogP) is 1.46. The van der Waals surface area contributed by atoms with Gasteiger partial charge in [0.25, 0.3) is 5.69 Å². The fraction of sp³-hybridized carbons (Fsp3) is 0.462. The lowest BCUT2D eigenvalue weighted by atomic mass is 10.2. The van der Waals surface area contributed by atoms with Gasteiger partial charge in [0.15, 0.2) is 6.29 Å². The molecule has 1 aliphatic heterocycles. The Morgan fingerprint density at radius 2 is 2.20 bits per heavy atom. The molecule has 0 aliphatic carbocycles. The van der Waals surface area contributed by atoms with Crippen molar-refractivity contribution in [3.63, 3.8) is 0 Å². The summed E-state index contributed by atoms with van der Waals surface area (Å²) in [7, 11) is 4.27. The second kappa shape index (κ2) is 7.66. The standard InChI is InChI=1S/C7H4FNO3.C6H14N2/c8-7-2-1-6(9(11)12)3-5(7)4-10;1-8(2)6-3-4-7-5-6/h1-4H;6-7H,3-5H2,1-2H3. The molecule has 1 aromatic carbocycles. The number of hydrogen-bond acceptors (Lipinski definition) is 5. The van der Waals surface area contributed by atoms with Gasteiger partial charge in [0.2, 0.25) is 0 Å². The van der Waals surface area contributed by atoms with Gasteiger partial charge in [0.05, 0.1) is 10.5 Å². The van der Waals surface area contributed by atoms with Crippen molar-refractivity contribution >= 4 is 12.0 Å². The smallest absolute Gasteiger partial charge is 0.270 e. The van der Waals surface area contributed by atoms with E-state index < -0.39 is 10.7 Å². The van der Waals surface area contributed by atoms with Crippen molar-refractivity contribution in [3.05, 3.63) is 39.7 Å². The van der Waals surface area contributed by atoms with Crippen LogP contribution in [0.5, 0.6) is 0 Å². The zero-order valence-corrected chi connectivity index (χ0v) is 11.5. The highest BCUT2D eigenvalue weighted by Gasteiger charge is 2.15. The molecule has 1 unspecified atom stereocenters. The van der Waals surface area contributed by atoms with Crippen molar-refractivity contribution < 1.29 is 14.1 Å². The Balaban J connectivity index is 0.000000217. The van der Waals surface area contributed by atoms with Crippen molar-refractivity contribution in [2.24, 2.45) is 0 Å². The minimum absolute atomic E-state index is 0.238. The van der Waals surface area contributed by atoms with Gasteiger partial charge in [0.1, 0.15) is 5.82 Å². The normalized spacial score (nSPS) is 17.5. The number of non-ortho nitro benzene ring substituents is 1. The Morgan fingerprint density at radius 1 is 1.50 bits per heavy atom. The van der Waals surface area contributed by atoms with Crippen LogP contribution in [-0.4, -0.2) is 49.3 Å². The minimum Gasteiger partial charge on any atom is -0.315 e. The summed E-state index contributed by atoms with van der Waals surface area (Å²) in [5, 5.41) is 13.5. The molecule has 0 spiro atoms. The van der Waals surface area contributed by atoms with E-state index in [0.29, 0.717) is 0 Å². The summed E-state index contributed by atoms with van der Waals surface area (Å²) >= 11 is 0. The lowest BCUT2D eigenvalue weighted by Crippen LogP contribution is -2.29. The number of benzene rings is 1. The highest BCUT2D eigenvalue weighted by Crippen LogP contribution is 2.14. The van der Waals surface area contributed by atoms with Gasteiger partial charge in [-0.05, 0) is 33.1 Å². The molecule has 7 heteroatoms. The van der Waals surface area contributed by atoms with E-state index in [0.717, 1.165) is 24.2 Å². The Kier molecular flexibility index (Phi) is 6.20. The average molecular weight is 283 g/mol. The van der Waals surface area contributed by atoms with Crippen molar-refractivity contribution in [1.29, 1.82) is 0 Å². The second-order valence-electron chi connectivity index (χ2n) is 4.69. The maximum atomic E-state index is 12.6. The number of carbonyl (C=O) groups is 1. The average Bonchev–Trinajstić information content (AvgIpc) is 2.94. The van der Waals surface area contributed by atoms with Crippen LogP contribution in [0, 0.1) is 15.9 Å². The summed E-state index contributed by atoms with van der Waals surface area (Å²) < 4.78 is 12.6. The van der Waals surface area contributed by atoms with Crippen LogP contribution in [0.15, 0.2) is 18.2 Å². The molecule has 1 fully saturated rings. The van der Waals surface area contributed by atoms with Gasteiger partial charge in [-0.1, -0.05) is 0 Å². The van der Waals surface area contributed by atoms with Gasteiger partial charge < -0.3 is 10.2 Å². The molecule has 1 heterocycles. The molecule has 1 saturated heterocycles. The van der Waals surface area contributed by atoms with E-state index in [1.807, 2.05) is 0 Å². The summed E-state index contributed by atoms with van der Waals surface area (Å²) in [6.07, 6.45) is 1.55. The number of nitrogens with one attached hydrogen (secondary N) is 1. The quantitative estimate of drug-likeness (QED) is 0.516. The summed E-state index contributed by atoms with van der Waals surface area (Å²) in [6.45, 7) is 2.37. The van der Waals surface area contributed by atoms with Crippen molar-refractivity contribution in [1.82, 2.24) is 10.2 Å². The maximum absolute atomic E-state index is 12.6. The van der Waals surface area contributed by atoms with Crippen LogP contribution in [0.3, 0.4) is 0 Å². The van der Waals surface area contributed by atoms with E-state index in [1.165, 1.54) is 19.5 Å². The molecule has 0 amide bonds. The van der Waals surface area contributed by atoms with Crippen LogP contribution in [0.2, 0.25) is 0 Å². The van der Waals surface area contributed by atoms with Crippen molar-refractivity contribution in [2.75, 3.05) is 27.2 Å². The third kappa shape index (κ3) is 4.67. The number of nitro groups is 1. The summed E-state index contributed by atoms with van der Waals surface area (Å²) in [5.41, 5.74) is -0.595. The van der Waals surface area contributed by atoms with Crippen LogP contribution in [0.25, 0.3) is 0 Å². The summed E-state index contributed by atoms with van der Waals surface area (Å²) in [5.74, 6) is -0.754. The van der Waals surface area contributed by atoms with Gasteiger partial charge in [-0.3, -0.25) is 14.9 Å². The Bertz CT molecular complexity index is 474. The number of halogens is 1.